The standard InChI is InChI=1S/C19H31N3O3S2/c1-15-7-10-26-17(15)13-21(5)12-16-11-20-18(22(16)8-9-25-6)27(23,24)14-19(2,3)4/h7,10-11H,8-9,12-14H2,1-6H3. The third-order valence-electron chi connectivity index (χ3n) is 4.14. The van der Waals surface area contributed by atoms with E-state index in [-0.39, 0.29) is 16.3 Å². The van der Waals surface area contributed by atoms with Crippen LogP contribution in [0.3, 0.4) is 0 Å². The van der Waals surface area contributed by atoms with Gasteiger partial charge in [0.25, 0.3) is 0 Å². The summed E-state index contributed by atoms with van der Waals surface area (Å²) in [6.07, 6.45) is 1.68. The summed E-state index contributed by atoms with van der Waals surface area (Å²) in [4.78, 5) is 7.79. The largest absolute Gasteiger partial charge is 0.383 e. The minimum absolute atomic E-state index is 0.0632. The summed E-state index contributed by atoms with van der Waals surface area (Å²) in [5, 5.41) is 2.24. The van der Waals surface area contributed by atoms with Crippen molar-refractivity contribution in [2.24, 2.45) is 5.41 Å². The van der Waals surface area contributed by atoms with Crippen molar-refractivity contribution in [1.82, 2.24) is 14.5 Å². The molecule has 2 aromatic rings. The number of ether oxygens (including phenoxy) is 1. The van der Waals surface area contributed by atoms with Crippen LogP contribution in [0, 0.1) is 12.3 Å². The Morgan fingerprint density at radius 2 is 2.00 bits per heavy atom. The molecule has 0 radical (unpaired) electrons. The molecule has 0 spiro atoms. The number of thiophene rings is 1. The summed E-state index contributed by atoms with van der Waals surface area (Å²) in [6.45, 7) is 10.2. The molecule has 8 heteroatoms. The molecule has 2 heterocycles. The molecule has 0 amide bonds. The number of sulfone groups is 1. The van der Waals surface area contributed by atoms with Gasteiger partial charge in [0.2, 0.25) is 15.0 Å². The van der Waals surface area contributed by atoms with Crippen LogP contribution in [0.1, 0.15) is 36.9 Å². The van der Waals surface area contributed by atoms with E-state index in [9.17, 15) is 8.42 Å². The molecule has 0 saturated carbocycles. The minimum atomic E-state index is -3.47. The predicted octanol–water partition coefficient (Wildman–Crippen LogP) is 3.35. The van der Waals surface area contributed by atoms with Crippen LogP contribution in [0.2, 0.25) is 0 Å². The zero-order valence-corrected chi connectivity index (χ0v) is 18.8. The second-order valence-corrected chi connectivity index (χ2v) is 11.1. The lowest BCUT2D eigenvalue weighted by atomic mass is 10.0. The van der Waals surface area contributed by atoms with Gasteiger partial charge in [-0.2, -0.15) is 0 Å². The van der Waals surface area contributed by atoms with Crippen LogP contribution in [-0.4, -0.2) is 49.4 Å². The smallest absolute Gasteiger partial charge is 0.227 e. The Morgan fingerprint density at radius 1 is 1.30 bits per heavy atom. The maximum atomic E-state index is 12.9. The Morgan fingerprint density at radius 3 is 2.56 bits per heavy atom. The lowest BCUT2D eigenvalue weighted by molar-refractivity contribution is 0.182. The van der Waals surface area contributed by atoms with Crippen molar-refractivity contribution in [3.8, 4) is 0 Å². The highest BCUT2D eigenvalue weighted by Crippen LogP contribution is 2.23. The van der Waals surface area contributed by atoms with Gasteiger partial charge in [0.05, 0.1) is 24.3 Å². The van der Waals surface area contributed by atoms with Gasteiger partial charge in [0.15, 0.2) is 0 Å². The van der Waals surface area contributed by atoms with Crippen molar-refractivity contribution < 1.29 is 13.2 Å². The topological polar surface area (TPSA) is 64.4 Å². The minimum Gasteiger partial charge on any atom is -0.383 e. The molecule has 0 atom stereocenters. The molecule has 0 N–H and O–H groups in total. The molecule has 0 saturated heterocycles. The van der Waals surface area contributed by atoms with E-state index in [2.05, 4.69) is 28.3 Å². The van der Waals surface area contributed by atoms with Gasteiger partial charge in [-0.3, -0.25) is 4.90 Å². The zero-order chi connectivity index (χ0) is 20.2. The van der Waals surface area contributed by atoms with E-state index < -0.39 is 9.84 Å². The SMILES string of the molecule is COCCn1c(CN(C)Cc2sccc2C)cnc1S(=O)(=O)CC(C)(C)C. The van der Waals surface area contributed by atoms with Crippen LogP contribution < -0.4 is 0 Å². The molecule has 2 rings (SSSR count). The van der Waals surface area contributed by atoms with Gasteiger partial charge in [-0.25, -0.2) is 13.4 Å². The number of imidazole rings is 1. The van der Waals surface area contributed by atoms with E-state index in [0.717, 1.165) is 12.2 Å². The number of nitrogens with zero attached hydrogens (tertiary/aromatic N) is 3. The van der Waals surface area contributed by atoms with Gasteiger partial charge in [-0.1, -0.05) is 20.8 Å². The third kappa shape index (κ3) is 6.14. The number of rotatable bonds is 9. The van der Waals surface area contributed by atoms with E-state index in [1.165, 1.54) is 10.4 Å². The molecule has 0 aliphatic rings. The first-order chi connectivity index (χ1) is 12.5. The molecule has 0 aliphatic carbocycles. The fourth-order valence-corrected chi connectivity index (χ4v) is 5.98. The highest BCUT2D eigenvalue weighted by molar-refractivity contribution is 7.91. The quantitative estimate of drug-likeness (QED) is 0.631. The van der Waals surface area contributed by atoms with Gasteiger partial charge in [0.1, 0.15) is 0 Å². The van der Waals surface area contributed by atoms with Gasteiger partial charge >= 0.3 is 0 Å². The summed E-state index contributed by atoms with van der Waals surface area (Å²) >= 11 is 1.74. The summed E-state index contributed by atoms with van der Waals surface area (Å²) in [5.74, 6) is 0.0632. The van der Waals surface area contributed by atoms with Crippen molar-refractivity contribution >= 4 is 21.2 Å². The van der Waals surface area contributed by atoms with Crippen LogP contribution >= 0.6 is 11.3 Å². The Bertz CT molecular complexity index is 848. The Kier molecular flexibility index (Phi) is 7.24. The van der Waals surface area contributed by atoms with Crippen LogP contribution in [0.5, 0.6) is 0 Å². The van der Waals surface area contributed by atoms with E-state index in [0.29, 0.717) is 19.7 Å². The average molecular weight is 414 g/mol. The van der Waals surface area contributed by atoms with Crippen LogP contribution in [0.15, 0.2) is 22.8 Å². The highest BCUT2D eigenvalue weighted by atomic mass is 32.2. The highest BCUT2D eigenvalue weighted by Gasteiger charge is 2.29. The van der Waals surface area contributed by atoms with Crippen molar-refractivity contribution in [2.75, 3.05) is 26.5 Å². The molecular weight excluding hydrogens is 382 g/mol. The van der Waals surface area contributed by atoms with E-state index >= 15 is 0 Å². The molecule has 152 valence electrons. The van der Waals surface area contributed by atoms with Crippen LogP contribution in [0.4, 0.5) is 0 Å². The Balaban J connectivity index is 2.26. The lowest BCUT2D eigenvalue weighted by Crippen LogP contribution is -2.26. The van der Waals surface area contributed by atoms with Crippen molar-refractivity contribution in [3.63, 3.8) is 0 Å². The normalized spacial score (nSPS) is 12.9. The number of aryl methyl sites for hydroxylation is 1. The number of aromatic nitrogens is 2. The molecule has 6 nitrogen and oxygen atoms in total. The molecule has 0 unspecified atom stereocenters. The second kappa shape index (κ2) is 8.86. The first kappa shape index (κ1) is 22.1. The summed E-state index contributed by atoms with van der Waals surface area (Å²) in [6, 6.07) is 2.12. The average Bonchev–Trinajstić information content (AvgIpc) is 3.10. The van der Waals surface area contributed by atoms with E-state index in [1.54, 1.807) is 29.2 Å². The maximum absolute atomic E-state index is 12.9. The first-order valence-corrected chi connectivity index (χ1v) is 11.5. The monoisotopic (exact) mass is 413 g/mol. The number of hydrogen-bond donors (Lipinski definition) is 0. The van der Waals surface area contributed by atoms with E-state index in [4.69, 9.17) is 4.74 Å². The number of hydrogen-bond acceptors (Lipinski definition) is 6. The molecule has 0 aromatic carbocycles. The van der Waals surface area contributed by atoms with Gasteiger partial charge in [-0.05, 0) is 36.4 Å². The molecule has 0 fully saturated rings. The second-order valence-electron chi connectivity index (χ2n) is 8.20. The fourth-order valence-electron chi connectivity index (χ4n) is 2.97. The van der Waals surface area contributed by atoms with Crippen molar-refractivity contribution in [3.05, 3.63) is 33.8 Å². The predicted molar refractivity (Wildman–Crippen MR) is 110 cm³/mol. The fraction of sp³-hybridized carbons (Fsp3) is 0.632. The molecular formula is C19H31N3O3S2. The van der Waals surface area contributed by atoms with Gasteiger partial charge < -0.3 is 9.30 Å². The first-order valence-electron chi connectivity index (χ1n) is 9.01. The van der Waals surface area contributed by atoms with Crippen molar-refractivity contribution in [1.29, 1.82) is 0 Å². The molecule has 0 bridgehead atoms. The number of methoxy groups -OCH3 is 1. The summed E-state index contributed by atoms with van der Waals surface area (Å²) in [5.41, 5.74) is 1.84. The van der Waals surface area contributed by atoms with Gasteiger partial charge in [-0.15, -0.1) is 11.3 Å². The maximum Gasteiger partial charge on any atom is 0.227 e. The molecule has 2 aromatic heterocycles. The zero-order valence-electron chi connectivity index (χ0n) is 17.2. The molecule has 27 heavy (non-hydrogen) atoms. The van der Waals surface area contributed by atoms with Crippen LogP contribution in [-0.2, 0) is 34.2 Å². The third-order valence-corrected chi connectivity index (χ3v) is 7.27. The molecule has 0 aliphatic heterocycles. The Labute approximate surface area is 167 Å². The Hall–Kier alpha value is -1.22. The lowest BCUT2D eigenvalue weighted by Gasteiger charge is -2.20. The summed E-state index contributed by atoms with van der Waals surface area (Å²) in [7, 11) is 0.184. The summed E-state index contributed by atoms with van der Waals surface area (Å²) < 4.78 is 32.8. The van der Waals surface area contributed by atoms with Crippen LogP contribution in [0.25, 0.3) is 0 Å². The van der Waals surface area contributed by atoms with E-state index in [1.807, 2.05) is 27.8 Å². The van der Waals surface area contributed by atoms with Crippen molar-refractivity contribution in [2.45, 2.75) is 52.5 Å². The van der Waals surface area contributed by atoms with Gasteiger partial charge in [0, 0.05) is 31.6 Å².